The van der Waals surface area contributed by atoms with Crippen LogP contribution in [-0.2, 0) is 6.54 Å². The van der Waals surface area contributed by atoms with Gasteiger partial charge in [-0.05, 0) is 30.0 Å². The second kappa shape index (κ2) is 6.79. The number of carbonyl (C=O) groups excluding carboxylic acids is 1. The number of hydrogen-bond donors (Lipinski definition) is 1. The molecule has 1 saturated heterocycles. The van der Waals surface area contributed by atoms with Gasteiger partial charge in [-0.15, -0.1) is 0 Å². The van der Waals surface area contributed by atoms with Crippen LogP contribution in [0.5, 0.6) is 0 Å². The van der Waals surface area contributed by atoms with Gasteiger partial charge in [-0.2, -0.15) is 0 Å². The maximum Gasteiger partial charge on any atom is 0.287 e. The highest BCUT2D eigenvalue weighted by Crippen LogP contribution is 2.19. The third kappa shape index (κ3) is 3.57. The van der Waals surface area contributed by atoms with Crippen molar-refractivity contribution in [3.05, 3.63) is 60.1 Å². The zero-order valence-corrected chi connectivity index (χ0v) is 12.9. The minimum Gasteiger partial charge on any atom is -0.459 e. The van der Waals surface area contributed by atoms with E-state index in [9.17, 15) is 4.79 Å². The van der Waals surface area contributed by atoms with Crippen LogP contribution in [-0.4, -0.2) is 29.9 Å². The Morgan fingerprint density at radius 1 is 1.27 bits per heavy atom. The molecule has 4 heteroatoms. The van der Waals surface area contributed by atoms with Gasteiger partial charge < -0.3 is 9.73 Å². The molecule has 2 heterocycles. The summed E-state index contributed by atoms with van der Waals surface area (Å²) < 4.78 is 5.15. The minimum atomic E-state index is -0.113. The molecule has 1 aliphatic rings. The van der Waals surface area contributed by atoms with Crippen molar-refractivity contribution in [1.29, 1.82) is 0 Å². The average Bonchev–Trinajstić information content (AvgIpc) is 3.05. The van der Waals surface area contributed by atoms with Crippen LogP contribution in [0, 0.1) is 5.92 Å². The lowest BCUT2D eigenvalue weighted by Crippen LogP contribution is -2.49. The highest BCUT2D eigenvalue weighted by Gasteiger charge is 2.27. The van der Waals surface area contributed by atoms with E-state index in [2.05, 4.69) is 41.4 Å². The van der Waals surface area contributed by atoms with Crippen molar-refractivity contribution in [3.63, 3.8) is 0 Å². The molecule has 3 rings (SSSR count). The van der Waals surface area contributed by atoms with Gasteiger partial charge in [0.25, 0.3) is 5.91 Å². The molecule has 22 heavy (non-hydrogen) atoms. The topological polar surface area (TPSA) is 45.5 Å². The monoisotopic (exact) mass is 298 g/mol. The van der Waals surface area contributed by atoms with Gasteiger partial charge in [0.1, 0.15) is 0 Å². The average molecular weight is 298 g/mol. The maximum atomic E-state index is 12.1. The number of benzene rings is 1. The van der Waals surface area contributed by atoms with Gasteiger partial charge in [0.2, 0.25) is 0 Å². The fourth-order valence-electron chi connectivity index (χ4n) is 3.08. The van der Waals surface area contributed by atoms with E-state index in [0.717, 1.165) is 26.1 Å². The molecule has 1 aromatic carbocycles. The van der Waals surface area contributed by atoms with Crippen LogP contribution >= 0.6 is 0 Å². The van der Waals surface area contributed by atoms with Crippen LogP contribution in [0.15, 0.2) is 53.1 Å². The molecule has 1 aromatic heterocycles. The largest absolute Gasteiger partial charge is 0.459 e. The van der Waals surface area contributed by atoms with Gasteiger partial charge in [0.15, 0.2) is 5.76 Å². The lowest BCUT2D eigenvalue weighted by atomic mass is 9.93. The summed E-state index contributed by atoms with van der Waals surface area (Å²) in [4.78, 5) is 14.5. The predicted octanol–water partition coefficient (Wildman–Crippen LogP) is 2.92. The molecular weight excluding hydrogens is 276 g/mol. The van der Waals surface area contributed by atoms with Crippen molar-refractivity contribution in [2.45, 2.75) is 25.9 Å². The first-order chi connectivity index (χ1) is 10.7. The number of carbonyl (C=O) groups is 1. The summed E-state index contributed by atoms with van der Waals surface area (Å²) in [5.41, 5.74) is 1.34. The summed E-state index contributed by atoms with van der Waals surface area (Å²) in [6.07, 6.45) is 2.50. The smallest absolute Gasteiger partial charge is 0.287 e. The van der Waals surface area contributed by atoms with Crippen LogP contribution in [0.1, 0.15) is 29.5 Å². The molecule has 1 N–H and O–H groups in total. The van der Waals surface area contributed by atoms with Crippen molar-refractivity contribution in [3.8, 4) is 0 Å². The van der Waals surface area contributed by atoms with Crippen LogP contribution in [0.3, 0.4) is 0 Å². The SMILES string of the molecule is CC1CN(Cc2ccccc2)CCC1NC(=O)c1ccco1. The molecule has 0 spiro atoms. The molecule has 2 unspecified atom stereocenters. The highest BCUT2D eigenvalue weighted by molar-refractivity contribution is 5.91. The van der Waals surface area contributed by atoms with Gasteiger partial charge in [-0.25, -0.2) is 0 Å². The van der Waals surface area contributed by atoms with E-state index in [0.29, 0.717) is 11.7 Å². The Balaban J connectivity index is 1.53. The van der Waals surface area contributed by atoms with Gasteiger partial charge >= 0.3 is 0 Å². The predicted molar refractivity (Wildman–Crippen MR) is 85.5 cm³/mol. The Bertz CT molecular complexity index is 595. The Morgan fingerprint density at radius 2 is 2.09 bits per heavy atom. The van der Waals surface area contributed by atoms with Gasteiger partial charge in [-0.3, -0.25) is 9.69 Å². The minimum absolute atomic E-state index is 0.113. The number of piperidine rings is 1. The molecule has 0 saturated carbocycles. The number of amides is 1. The molecule has 4 nitrogen and oxygen atoms in total. The fraction of sp³-hybridized carbons (Fsp3) is 0.389. The zero-order chi connectivity index (χ0) is 15.4. The summed E-state index contributed by atoms with van der Waals surface area (Å²) in [6.45, 7) is 5.18. The summed E-state index contributed by atoms with van der Waals surface area (Å²) in [6, 6.07) is 14.2. The van der Waals surface area contributed by atoms with Crippen molar-refractivity contribution in [2.75, 3.05) is 13.1 Å². The summed E-state index contributed by atoms with van der Waals surface area (Å²) in [7, 11) is 0. The third-order valence-electron chi connectivity index (χ3n) is 4.30. The summed E-state index contributed by atoms with van der Waals surface area (Å²) in [5.74, 6) is 0.702. The number of nitrogens with one attached hydrogen (secondary N) is 1. The van der Waals surface area contributed by atoms with E-state index in [-0.39, 0.29) is 11.9 Å². The van der Waals surface area contributed by atoms with E-state index in [1.165, 1.54) is 11.8 Å². The third-order valence-corrected chi connectivity index (χ3v) is 4.30. The highest BCUT2D eigenvalue weighted by atomic mass is 16.3. The number of furan rings is 1. The van der Waals surface area contributed by atoms with E-state index in [4.69, 9.17) is 4.42 Å². The van der Waals surface area contributed by atoms with Crippen molar-refractivity contribution < 1.29 is 9.21 Å². The maximum absolute atomic E-state index is 12.1. The molecule has 0 radical (unpaired) electrons. The first kappa shape index (κ1) is 14.9. The molecular formula is C18H22N2O2. The van der Waals surface area contributed by atoms with Crippen molar-refractivity contribution in [1.82, 2.24) is 10.2 Å². The van der Waals surface area contributed by atoms with Crippen molar-refractivity contribution >= 4 is 5.91 Å². The Hall–Kier alpha value is -2.07. The lowest BCUT2D eigenvalue weighted by molar-refractivity contribution is 0.0834. The summed E-state index contributed by atoms with van der Waals surface area (Å²) in [5, 5.41) is 3.10. The van der Waals surface area contributed by atoms with Gasteiger partial charge in [-0.1, -0.05) is 37.3 Å². The number of likely N-dealkylation sites (tertiary alicyclic amines) is 1. The van der Waals surface area contributed by atoms with Crippen LogP contribution < -0.4 is 5.32 Å². The number of rotatable bonds is 4. The fourth-order valence-corrected chi connectivity index (χ4v) is 3.08. The van der Waals surface area contributed by atoms with Crippen molar-refractivity contribution in [2.24, 2.45) is 5.92 Å². The standard InChI is InChI=1S/C18H22N2O2/c1-14-12-20(13-15-6-3-2-4-7-15)10-9-16(14)19-18(21)17-8-5-11-22-17/h2-8,11,14,16H,9-10,12-13H2,1H3,(H,19,21). The molecule has 2 atom stereocenters. The van der Waals surface area contributed by atoms with Crippen LogP contribution in [0.2, 0.25) is 0 Å². The van der Waals surface area contributed by atoms with Crippen LogP contribution in [0.25, 0.3) is 0 Å². The van der Waals surface area contributed by atoms with E-state index >= 15 is 0 Å². The second-order valence-corrected chi connectivity index (χ2v) is 6.04. The molecule has 2 aromatic rings. The lowest BCUT2D eigenvalue weighted by Gasteiger charge is -2.37. The molecule has 1 fully saturated rings. The zero-order valence-electron chi connectivity index (χ0n) is 12.9. The van der Waals surface area contributed by atoms with Gasteiger partial charge in [0.05, 0.1) is 6.26 Å². The molecule has 1 amide bonds. The first-order valence-corrected chi connectivity index (χ1v) is 7.83. The quantitative estimate of drug-likeness (QED) is 0.944. The van der Waals surface area contributed by atoms with Gasteiger partial charge in [0, 0.05) is 25.7 Å². The Kier molecular flexibility index (Phi) is 4.59. The molecule has 0 aliphatic carbocycles. The number of hydrogen-bond acceptors (Lipinski definition) is 3. The van der Waals surface area contributed by atoms with E-state index < -0.39 is 0 Å². The van der Waals surface area contributed by atoms with E-state index in [1.54, 1.807) is 12.1 Å². The molecule has 1 aliphatic heterocycles. The Morgan fingerprint density at radius 3 is 2.77 bits per heavy atom. The summed E-state index contributed by atoms with van der Waals surface area (Å²) >= 11 is 0. The first-order valence-electron chi connectivity index (χ1n) is 7.83. The second-order valence-electron chi connectivity index (χ2n) is 6.04. The molecule has 116 valence electrons. The Labute approximate surface area is 131 Å². The molecule has 0 bridgehead atoms. The normalized spacial score (nSPS) is 22.4. The number of nitrogens with zero attached hydrogens (tertiary/aromatic N) is 1. The van der Waals surface area contributed by atoms with E-state index in [1.807, 2.05) is 6.07 Å². The van der Waals surface area contributed by atoms with Crippen LogP contribution in [0.4, 0.5) is 0 Å².